The molecule has 6 nitrogen and oxygen atoms in total. The zero-order chi connectivity index (χ0) is 21.5. The number of rotatable bonds is 4. The maximum atomic E-state index is 13.4. The van der Waals surface area contributed by atoms with Crippen molar-refractivity contribution in [1.82, 2.24) is 14.5 Å². The Kier molecular flexibility index (Phi) is 4.55. The molecule has 0 spiro atoms. The summed E-state index contributed by atoms with van der Waals surface area (Å²) < 4.78 is 2.06. The van der Waals surface area contributed by atoms with Gasteiger partial charge in [0.2, 0.25) is 5.91 Å². The van der Waals surface area contributed by atoms with Crippen LogP contribution in [-0.4, -0.2) is 32.3 Å². The number of carbonyl (C=O) groups is 2. The lowest BCUT2D eigenvalue weighted by molar-refractivity contribution is -0.120. The Balaban J connectivity index is 1.60. The fourth-order valence-electron chi connectivity index (χ4n) is 4.45. The molecule has 2 atom stereocenters. The molecule has 154 valence electrons. The summed E-state index contributed by atoms with van der Waals surface area (Å²) in [5, 5.41) is 3.95. The standard InChI is InChI=1S/C25H22N4O2/c1-16(24(30)27-17-8-7-13-26-14-17)29-23(19-10-3-4-11-20(19)25(29)31)21-15-28(2)22-12-6-5-9-18(21)22/h3-16,23H,1-2H3,(H,27,30)/t16-,23+/m0/s1. The van der Waals surface area contributed by atoms with Crippen LogP contribution >= 0.6 is 0 Å². The van der Waals surface area contributed by atoms with Crippen molar-refractivity contribution in [3.05, 3.63) is 95.9 Å². The Bertz CT molecular complexity index is 1300. The molecular formula is C25H22N4O2. The summed E-state index contributed by atoms with van der Waals surface area (Å²) in [7, 11) is 2.00. The minimum atomic E-state index is -0.677. The number of carbonyl (C=O) groups excluding carboxylic acids is 2. The second kappa shape index (κ2) is 7.40. The van der Waals surface area contributed by atoms with Crippen LogP contribution in [0.15, 0.2) is 79.3 Å². The van der Waals surface area contributed by atoms with Crippen molar-refractivity contribution in [1.29, 1.82) is 0 Å². The fourth-order valence-corrected chi connectivity index (χ4v) is 4.45. The van der Waals surface area contributed by atoms with E-state index in [-0.39, 0.29) is 17.9 Å². The van der Waals surface area contributed by atoms with Crippen molar-refractivity contribution in [2.75, 3.05) is 5.32 Å². The van der Waals surface area contributed by atoms with Gasteiger partial charge in [-0.3, -0.25) is 14.6 Å². The third kappa shape index (κ3) is 3.08. The second-order valence-electron chi connectivity index (χ2n) is 7.82. The minimum absolute atomic E-state index is 0.137. The highest BCUT2D eigenvalue weighted by Crippen LogP contribution is 2.42. The Morgan fingerprint density at radius 1 is 1.03 bits per heavy atom. The van der Waals surface area contributed by atoms with E-state index in [2.05, 4.69) is 33.2 Å². The lowest BCUT2D eigenvalue weighted by atomic mass is 9.97. The molecule has 0 saturated heterocycles. The van der Waals surface area contributed by atoms with Gasteiger partial charge in [-0.25, -0.2) is 0 Å². The van der Waals surface area contributed by atoms with Crippen LogP contribution in [0, 0.1) is 0 Å². The Morgan fingerprint density at radius 2 is 1.81 bits per heavy atom. The van der Waals surface area contributed by atoms with E-state index in [1.165, 1.54) is 0 Å². The summed E-state index contributed by atoms with van der Waals surface area (Å²) in [5.41, 5.74) is 4.26. The molecule has 31 heavy (non-hydrogen) atoms. The Hall–Kier alpha value is -3.93. The van der Waals surface area contributed by atoms with E-state index < -0.39 is 6.04 Å². The number of pyridine rings is 1. The number of para-hydroxylation sites is 1. The van der Waals surface area contributed by atoms with Gasteiger partial charge in [0, 0.05) is 41.5 Å². The molecule has 6 heteroatoms. The first-order valence-electron chi connectivity index (χ1n) is 10.2. The van der Waals surface area contributed by atoms with Gasteiger partial charge in [-0.15, -0.1) is 0 Å². The van der Waals surface area contributed by atoms with Gasteiger partial charge in [-0.1, -0.05) is 36.4 Å². The van der Waals surface area contributed by atoms with E-state index in [4.69, 9.17) is 0 Å². The lowest BCUT2D eigenvalue weighted by Crippen LogP contribution is -2.44. The summed E-state index contributed by atoms with van der Waals surface area (Å²) >= 11 is 0. The predicted octanol–water partition coefficient (Wildman–Crippen LogP) is 4.15. The van der Waals surface area contributed by atoms with Crippen LogP contribution in [0.1, 0.15) is 34.5 Å². The van der Waals surface area contributed by atoms with E-state index in [0.29, 0.717) is 11.3 Å². The molecular weight excluding hydrogens is 388 g/mol. The van der Waals surface area contributed by atoms with Crippen LogP contribution in [-0.2, 0) is 11.8 Å². The van der Waals surface area contributed by atoms with E-state index >= 15 is 0 Å². The third-order valence-corrected chi connectivity index (χ3v) is 5.95. The zero-order valence-corrected chi connectivity index (χ0v) is 17.3. The highest BCUT2D eigenvalue weighted by Gasteiger charge is 2.43. The van der Waals surface area contributed by atoms with Crippen LogP contribution in [0.2, 0.25) is 0 Å². The molecule has 1 N–H and O–H groups in total. The number of hydrogen-bond donors (Lipinski definition) is 1. The van der Waals surface area contributed by atoms with E-state index in [0.717, 1.165) is 22.0 Å². The van der Waals surface area contributed by atoms with Crippen LogP contribution in [0.4, 0.5) is 5.69 Å². The van der Waals surface area contributed by atoms with Crippen LogP contribution in [0.3, 0.4) is 0 Å². The fraction of sp³-hybridized carbons (Fsp3) is 0.160. The van der Waals surface area contributed by atoms with Crippen molar-refractivity contribution in [3.8, 4) is 0 Å². The molecule has 0 fully saturated rings. The zero-order valence-electron chi connectivity index (χ0n) is 17.3. The number of benzene rings is 2. The predicted molar refractivity (Wildman–Crippen MR) is 120 cm³/mol. The molecule has 3 heterocycles. The quantitative estimate of drug-likeness (QED) is 0.550. The third-order valence-electron chi connectivity index (χ3n) is 5.95. The van der Waals surface area contributed by atoms with Gasteiger partial charge in [0.05, 0.1) is 17.9 Å². The normalized spacial score (nSPS) is 16.4. The number of fused-ring (bicyclic) bond motifs is 2. The number of amides is 2. The van der Waals surface area contributed by atoms with Crippen molar-refractivity contribution >= 4 is 28.4 Å². The molecule has 2 aromatic heterocycles. The van der Waals surface area contributed by atoms with E-state index in [1.54, 1.807) is 36.4 Å². The molecule has 0 unspecified atom stereocenters. The van der Waals surface area contributed by atoms with Gasteiger partial charge in [0.15, 0.2) is 0 Å². The number of anilines is 1. The molecule has 5 rings (SSSR count). The van der Waals surface area contributed by atoms with Gasteiger partial charge in [0.1, 0.15) is 6.04 Å². The SMILES string of the molecule is C[C@@H](C(=O)Nc1cccnc1)N1C(=O)c2ccccc2[C@@H]1c1cn(C)c2ccccc12. The number of aryl methyl sites for hydroxylation is 1. The highest BCUT2D eigenvalue weighted by molar-refractivity contribution is 6.05. The smallest absolute Gasteiger partial charge is 0.255 e. The largest absolute Gasteiger partial charge is 0.350 e. The number of nitrogens with one attached hydrogen (secondary N) is 1. The molecule has 0 radical (unpaired) electrons. The van der Waals surface area contributed by atoms with Gasteiger partial charge < -0.3 is 14.8 Å². The number of aromatic nitrogens is 2. The highest BCUT2D eigenvalue weighted by atomic mass is 16.2. The van der Waals surface area contributed by atoms with Crippen LogP contribution in [0.5, 0.6) is 0 Å². The summed E-state index contributed by atoms with van der Waals surface area (Å²) in [4.78, 5) is 32.3. The molecule has 1 aliphatic heterocycles. The maximum absolute atomic E-state index is 13.4. The first-order chi connectivity index (χ1) is 15.1. The van der Waals surface area contributed by atoms with Gasteiger partial charge in [-0.05, 0) is 36.8 Å². The van der Waals surface area contributed by atoms with Gasteiger partial charge in [-0.2, -0.15) is 0 Å². The monoisotopic (exact) mass is 410 g/mol. The first kappa shape index (κ1) is 19.1. The molecule has 0 bridgehead atoms. The molecule has 1 aliphatic rings. The summed E-state index contributed by atoms with van der Waals surface area (Å²) in [5.74, 6) is -0.387. The molecule has 2 aromatic carbocycles. The Morgan fingerprint density at radius 3 is 2.61 bits per heavy atom. The number of hydrogen-bond acceptors (Lipinski definition) is 3. The summed E-state index contributed by atoms with van der Waals surface area (Å²) in [6.07, 6.45) is 5.30. The average molecular weight is 410 g/mol. The van der Waals surface area contributed by atoms with Crippen molar-refractivity contribution in [2.24, 2.45) is 7.05 Å². The molecule has 2 amide bonds. The van der Waals surface area contributed by atoms with E-state index in [9.17, 15) is 9.59 Å². The molecule has 4 aromatic rings. The van der Waals surface area contributed by atoms with Crippen molar-refractivity contribution in [2.45, 2.75) is 19.0 Å². The van der Waals surface area contributed by atoms with E-state index in [1.807, 2.05) is 43.4 Å². The van der Waals surface area contributed by atoms with Gasteiger partial charge >= 0.3 is 0 Å². The van der Waals surface area contributed by atoms with Crippen LogP contribution in [0.25, 0.3) is 10.9 Å². The van der Waals surface area contributed by atoms with Crippen molar-refractivity contribution < 1.29 is 9.59 Å². The summed E-state index contributed by atoms with van der Waals surface area (Å²) in [6, 6.07) is 18.3. The van der Waals surface area contributed by atoms with Crippen LogP contribution < -0.4 is 5.32 Å². The molecule has 0 saturated carbocycles. The summed E-state index contributed by atoms with van der Waals surface area (Å²) in [6.45, 7) is 1.77. The second-order valence-corrected chi connectivity index (χ2v) is 7.82. The molecule has 0 aliphatic carbocycles. The maximum Gasteiger partial charge on any atom is 0.255 e. The average Bonchev–Trinajstić information content (AvgIpc) is 3.28. The van der Waals surface area contributed by atoms with Gasteiger partial charge in [0.25, 0.3) is 5.91 Å². The lowest BCUT2D eigenvalue weighted by Gasteiger charge is -2.30. The topological polar surface area (TPSA) is 67.2 Å². The number of nitrogens with zero attached hydrogens (tertiary/aromatic N) is 3. The van der Waals surface area contributed by atoms with Crippen molar-refractivity contribution in [3.63, 3.8) is 0 Å². The Labute approximate surface area is 180 Å². The first-order valence-corrected chi connectivity index (χ1v) is 10.2. The minimum Gasteiger partial charge on any atom is -0.350 e.